The zero-order valence-corrected chi connectivity index (χ0v) is 17.2. The van der Waals surface area contributed by atoms with Crippen LogP contribution in [0.1, 0.15) is 45.4 Å². The molecule has 8 nitrogen and oxygen atoms in total. The molecule has 28 heavy (non-hydrogen) atoms. The highest BCUT2D eigenvalue weighted by Gasteiger charge is 2.46. The molecule has 1 spiro atoms. The van der Waals surface area contributed by atoms with Gasteiger partial charge < -0.3 is 9.80 Å². The van der Waals surface area contributed by atoms with E-state index in [0.29, 0.717) is 38.4 Å². The van der Waals surface area contributed by atoms with E-state index in [4.69, 9.17) is 0 Å². The number of hydrogen-bond donors (Lipinski definition) is 0. The third-order valence-corrected chi connectivity index (χ3v) is 6.68. The van der Waals surface area contributed by atoms with Gasteiger partial charge in [0.05, 0.1) is 5.92 Å². The SMILES string of the molecule is CC(C)CN1CC2(CCN(C(=O)C3CCc4nn(C)c(=O)n4C3)CC2)CC1=O. The molecule has 1 aromatic rings. The maximum absolute atomic E-state index is 13.1. The summed E-state index contributed by atoms with van der Waals surface area (Å²) < 4.78 is 3.00. The average molecular weight is 390 g/mol. The lowest BCUT2D eigenvalue weighted by Gasteiger charge is -2.40. The second kappa shape index (κ2) is 7.04. The van der Waals surface area contributed by atoms with Crippen LogP contribution >= 0.6 is 0 Å². The molecule has 3 aliphatic rings. The Labute approximate surface area is 165 Å². The number of amides is 2. The van der Waals surface area contributed by atoms with Crippen LogP contribution in [-0.2, 0) is 29.6 Å². The molecule has 2 saturated heterocycles. The summed E-state index contributed by atoms with van der Waals surface area (Å²) in [7, 11) is 1.65. The Morgan fingerprint density at radius 2 is 1.96 bits per heavy atom. The smallest absolute Gasteiger partial charge is 0.342 e. The van der Waals surface area contributed by atoms with Crippen LogP contribution in [0.15, 0.2) is 4.79 Å². The summed E-state index contributed by atoms with van der Waals surface area (Å²) >= 11 is 0. The van der Waals surface area contributed by atoms with Gasteiger partial charge >= 0.3 is 5.69 Å². The van der Waals surface area contributed by atoms with Crippen LogP contribution in [0.3, 0.4) is 0 Å². The van der Waals surface area contributed by atoms with E-state index < -0.39 is 0 Å². The molecule has 3 aliphatic heterocycles. The zero-order valence-electron chi connectivity index (χ0n) is 17.2. The lowest BCUT2D eigenvalue weighted by molar-refractivity contribution is -0.138. The third-order valence-electron chi connectivity index (χ3n) is 6.68. The third kappa shape index (κ3) is 3.37. The first kappa shape index (κ1) is 19.2. The Kier molecular flexibility index (Phi) is 4.83. The van der Waals surface area contributed by atoms with Crippen LogP contribution < -0.4 is 5.69 Å². The predicted molar refractivity (Wildman–Crippen MR) is 104 cm³/mol. The minimum Gasteiger partial charge on any atom is -0.342 e. The minimum atomic E-state index is -0.147. The molecule has 0 saturated carbocycles. The van der Waals surface area contributed by atoms with Crippen LogP contribution in [0.25, 0.3) is 0 Å². The van der Waals surface area contributed by atoms with Crippen LogP contribution in [0, 0.1) is 17.3 Å². The van der Waals surface area contributed by atoms with E-state index >= 15 is 0 Å². The van der Waals surface area contributed by atoms with Gasteiger partial charge in [0.2, 0.25) is 11.8 Å². The monoisotopic (exact) mass is 389 g/mol. The number of hydrogen-bond acceptors (Lipinski definition) is 4. The van der Waals surface area contributed by atoms with Gasteiger partial charge in [0, 0.05) is 58.0 Å². The van der Waals surface area contributed by atoms with E-state index in [9.17, 15) is 14.4 Å². The first-order chi connectivity index (χ1) is 13.3. The number of aryl methyl sites for hydroxylation is 2. The van der Waals surface area contributed by atoms with Crippen molar-refractivity contribution < 1.29 is 9.59 Å². The lowest BCUT2D eigenvalue weighted by atomic mass is 9.77. The van der Waals surface area contributed by atoms with E-state index in [0.717, 1.165) is 38.2 Å². The second-order valence-electron chi connectivity index (χ2n) is 9.34. The molecule has 4 heterocycles. The zero-order chi connectivity index (χ0) is 20.1. The Balaban J connectivity index is 1.37. The van der Waals surface area contributed by atoms with Crippen LogP contribution in [0.4, 0.5) is 0 Å². The van der Waals surface area contributed by atoms with Crippen molar-refractivity contribution in [3.8, 4) is 0 Å². The number of likely N-dealkylation sites (tertiary alicyclic amines) is 2. The molecule has 0 bridgehead atoms. The molecule has 1 unspecified atom stereocenters. The molecule has 2 amide bonds. The van der Waals surface area contributed by atoms with Gasteiger partial charge in [-0.2, -0.15) is 5.10 Å². The topological polar surface area (TPSA) is 80.4 Å². The van der Waals surface area contributed by atoms with E-state index in [-0.39, 0.29) is 28.8 Å². The Hall–Kier alpha value is -2.12. The van der Waals surface area contributed by atoms with Gasteiger partial charge in [-0.15, -0.1) is 0 Å². The number of nitrogens with zero attached hydrogens (tertiary/aromatic N) is 5. The molecule has 0 radical (unpaired) electrons. The number of aromatic nitrogens is 3. The van der Waals surface area contributed by atoms with Gasteiger partial charge in [0.15, 0.2) is 0 Å². The fourth-order valence-corrected chi connectivity index (χ4v) is 5.12. The van der Waals surface area contributed by atoms with Crippen LogP contribution in [0.2, 0.25) is 0 Å². The van der Waals surface area contributed by atoms with Crippen LogP contribution in [-0.4, -0.2) is 62.1 Å². The Bertz CT molecular complexity index is 831. The Morgan fingerprint density at radius 3 is 2.64 bits per heavy atom. The number of rotatable bonds is 3. The summed E-state index contributed by atoms with van der Waals surface area (Å²) in [5.41, 5.74) is -0.0946. The number of carbonyl (C=O) groups excluding carboxylic acids is 2. The van der Waals surface area contributed by atoms with Crippen molar-refractivity contribution in [3.63, 3.8) is 0 Å². The van der Waals surface area contributed by atoms with Crippen molar-refractivity contribution in [1.82, 2.24) is 24.1 Å². The van der Waals surface area contributed by atoms with Crippen molar-refractivity contribution >= 4 is 11.8 Å². The summed E-state index contributed by atoms with van der Waals surface area (Å²) in [4.78, 5) is 41.6. The van der Waals surface area contributed by atoms with E-state index in [1.54, 1.807) is 11.6 Å². The first-order valence-electron chi connectivity index (χ1n) is 10.5. The largest absolute Gasteiger partial charge is 0.345 e. The molecule has 8 heteroatoms. The maximum atomic E-state index is 13.1. The maximum Gasteiger partial charge on any atom is 0.345 e. The van der Waals surface area contributed by atoms with Crippen molar-refractivity contribution in [2.75, 3.05) is 26.2 Å². The highest BCUT2D eigenvalue weighted by molar-refractivity contribution is 5.80. The highest BCUT2D eigenvalue weighted by atomic mass is 16.2. The summed E-state index contributed by atoms with van der Waals surface area (Å²) in [6, 6.07) is 0. The van der Waals surface area contributed by atoms with Crippen molar-refractivity contribution in [3.05, 3.63) is 16.3 Å². The Morgan fingerprint density at radius 1 is 1.25 bits per heavy atom. The average Bonchev–Trinajstić information content (AvgIpc) is 3.10. The van der Waals surface area contributed by atoms with E-state index in [1.807, 2.05) is 9.80 Å². The normalized spacial score (nSPS) is 24.3. The quantitative estimate of drug-likeness (QED) is 0.760. The van der Waals surface area contributed by atoms with Crippen molar-refractivity contribution in [2.24, 2.45) is 24.3 Å². The second-order valence-corrected chi connectivity index (χ2v) is 9.34. The molecule has 0 aliphatic carbocycles. The summed E-state index contributed by atoms with van der Waals surface area (Å²) in [5.74, 6) is 1.53. The molecular formula is C20H31N5O3. The highest BCUT2D eigenvalue weighted by Crippen LogP contribution is 2.41. The van der Waals surface area contributed by atoms with Gasteiger partial charge in [-0.05, 0) is 25.2 Å². The van der Waals surface area contributed by atoms with Gasteiger partial charge in [-0.3, -0.25) is 14.2 Å². The number of carbonyl (C=O) groups is 2. The molecular weight excluding hydrogens is 358 g/mol. The van der Waals surface area contributed by atoms with Gasteiger partial charge in [0.1, 0.15) is 5.82 Å². The molecule has 1 aromatic heterocycles. The van der Waals surface area contributed by atoms with Gasteiger partial charge in [0.25, 0.3) is 0 Å². The minimum absolute atomic E-state index is 0.0444. The van der Waals surface area contributed by atoms with Gasteiger partial charge in [-0.1, -0.05) is 13.8 Å². The molecule has 0 aromatic carbocycles. The molecule has 154 valence electrons. The number of piperidine rings is 1. The molecule has 4 rings (SSSR count). The van der Waals surface area contributed by atoms with Crippen molar-refractivity contribution in [2.45, 2.75) is 52.5 Å². The molecule has 0 N–H and O–H groups in total. The first-order valence-corrected chi connectivity index (χ1v) is 10.5. The summed E-state index contributed by atoms with van der Waals surface area (Å²) in [5, 5.41) is 4.25. The number of fused-ring (bicyclic) bond motifs is 1. The predicted octanol–water partition coefficient (Wildman–Crippen LogP) is 0.641. The van der Waals surface area contributed by atoms with E-state index in [2.05, 4.69) is 18.9 Å². The molecule has 1 atom stereocenters. The summed E-state index contributed by atoms with van der Waals surface area (Å²) in [6.45, 7) is 7.81. The standard InChI is InChI=1S/C20H31N5O3/c1-14(2)11-24-13-20(10-17(24)26)6-8-23(9-7-20)18(27)15-4-5-16-21-22(3)19(28)25(16)12-15/h14-15H,4-13H2,1-3H3. The lowest BCUT2D eigenvalue weighted by Crippen LogP contribution is -2.48. The fourth-order valence-electron chi connectivity index (χ4n) is 5.12. The molecule has 2 fully saturated rings. The van der Waals surface area contributed by atoms with Gasteiger partial charge in [-0.25, -0.2) is 9.48 Å². The van der Waals surface area contributed by atoms with E-state index in [1.165, 1.54) is 4.68 Å². The summed E-state index contributed by atoms with van der Waals surface area (Å²) in [6.07, 6.45) is 3.83. The van der Waals surface area contributed by atoms with Crippen molar-refractivity contribution in [1.29, 1.82) is 0 Å². The fraction of sp³-hybridized carbons (Fsp3) is 0.800. The van der Waals surface area contributed by atoms with Crippen LogP contribution in [0.5, 0.6) is 0 Å².